The highest BCUT2D eigenvalue weighted by Crippen LogP contribution is 2.29. The first-order valence-corrected chi connectivity index (χ1v) is 15.8. The Kier molecular flexibility index (Phi) is 10.5. The Hall–Kier alpha value is -4.59. The number of benzene rings is 2. The predicted octanol–water partition coefficient (Wildman–Crippen LogP) is 2.92. The van der Waals surface area contributed by atoms with Crippen LogP contribution in [0.2, 0.25) is 0 Å². The van der Waals surface area contributed by atoms with Gasteiger partial charge in [0.2, 0.25) is 11.8 Å². The fraction of sp³-hybridized carbons (Fsp3) is 0.417. The van der Waals surface area contributed by atoms with Crippen molar-refractivity contribution in [2.24, 2.45) is 13.0 Å². The van der Waals surface area contributed by atoms with Gasteiger partial charge in [-0.25, -0.2) is 4.68 Å². The minimum atomic E-state index is -0.218. The lowest BCUT2D eigenvalue weighted by Crippen LogP contribution is -2.43. The van der Waals surface area contributed by atoms with E-state index in [4.69, 9.17) is 0 Å². The zero-order valence-corrected chi connectivity index (χ0v) is 27.0. The molecule has 2 amide bonds. The lowest BCUT2D eigenvalue weighted by atomic mass is 9.88. The molecule has 3 fully saturated rings. The summed E-state index contributed by atoms with van der Waals surface area (Å²) in [5.74, 6) is 6.72. The van der Waals surface area contributed by atoms with Gasteiger partial charge in [0, 0.05) is 68.3 Å². The van der Waals surface area contributed by atoms with Crippen LogP contribution in [0.15, 0.2) is 59.5 Å². The Morgan fingerprint density at radius 2 is 1.59 bits per heavy atom. The molecule has 2 aromatic carbocycles. The summed E-state index contributed by atoms with van der Waals surface area (Å²) in [4.78, 5) is 50.4. The summed E-state index contributed by atoms with van der Waals surface area (Å²) in [5, 5.41) is 10.0. The van der Waals surface area contributed by atoms with E-state index in [-0.39, 0.29) is 29.3 Å². The number of hydrogen-bond donors (Lipinski definition) is 2. The molecule has 240 valence electrons. The maximum atomic E-state index is 12.1. The largest absolute Gasteiger partial charge is 0.379 e. The number of likely N-dealkylation sites (tertiary alicyclic amines) is 2. The number of likely N-dealkylation sites (N-methyl/N-ethyl adjacent to an activating group) is 1. The van der Waals surface area contributed by atoms with E-state index in [1.165, 1.54) is 10.2 Å². The molecule has 10 heteroatoms. The van der Waals surface area contributed by atoms with Crippen molar-refractivity contribution in [2.45, 2.75) is 44.1 Å². The molecule has 4 heterocycles. The normalized spacial score (nSPS) is 22.0. The van der Waals surface area contributed by atoms with Crippen molar-refractivity contribution in [1.82, 2.24) is 24.9 Å². The molecular weight excluding hydrogens is 580 g/mol. The van der Waals surface area contributed by atoms with Gasteiger partial charge in [-0.3, -0.25) is 24.5 Å². The number of carbonyl (C=O) groups is 3. The number of nitrogens with zero attached hydrogens (tertiary/aromatic N) is 4. The van der Waals surface area contributed by atoms with E-state index >= 15 is 0 Å². The van der Waals surface area contributed by atoms with Gasteiger partial charge in [0.05, 0.1) is 17.8 Å². The Morgan fingerprint density at radius 3 is 2.24 bits per heavy atom. The fourth-order valence-electron chi connectivity index (χ4n) is 6.32. The third kappa shape index (κ3) is 8.16. The fourth-order valence-corrected chi connectivity index (χ4v) is 6.32. The van der Waals surface area contributed by atoms with Crippen LogP contribution in [0.3, 0.4) is 0 Å². The SMILES string of the molecule is CN1CC(C#Cc2ccc(C3CCC(=O)NC3=O)cc2)C1.Cc1c(NC2CC(c3ccc(C=O)cc3)CN(C)C2)cnn(C)c1=O. The summed E-state index contributed by atoms with van der Waals surface area (Å²) in [6.45, 7) is 5.81. The third-order valence-corrected chi connectivity index (χ3v) is 8.95. The van der Waals surface area contributed by atoms with Crippen LogP contribution in [-0.2, 0) is 16.6 Å². The van der Waals surface area contributed by atoms with Gasteiger partial charge in [-0.05, 0) is 63.0 Å². The van der Waals surface area contributed by atoms with E-state index in [2.05, 4.69) is 51.5 Å². The van der Waals surface area contributed by atoms with Crippen molar-refractivity contribution in [3.05, 3.63) is 92.9 Å². The van der Waals surface area contributed by atoms with Gasteiger partial charge in [0.25, 0.3) is 5.56 Å². The van der Waals surface area contributed by atoms with Crippen LogP contribution in [0.25, 0.3) is 0 Å². The number of aromatic nitrogens is 2. The maximum Gasteiger partial charge on any atom is 0.271 e. The standard InChI is InChI=1S/C19H24N4O2.C17H18N2O2/c1-13-18(9-20-23(3)19(13)25)21-17-8-16(10-22(2)11-17)15-6-4-14(12-24)5-7-15;1-19-10-13(11-19)3-2-12-4-6-14(7-5-12)15-8-9-16(20)18-17(15)21/h4-7,9,12,16-17,21H,8,10-11H2,1-3H3;4-7,13,15H,8-11H2,1H3,(H,18,20,21). The van der Waals surface area contributed by atoms with Crippen molar-refractivity contribution in [2.75, 3.05) is 45.6 Å². The number of hydrogen-bond acceptors (Lipinski definition) is 8. The molecular formula is C36H42N6O4. The summed E-state index contributed by atoms with van der Waals surface area (Å²) >= 11 is 0. The second-order valence-corrected chi connectivity index (χ2v) is 12.7. The van der Waals surface area contributed by atoms with Gasteiger partial charge in [0.15, 0.2) is 0 Å². The monoisotopic (exact) mass is 622 g/mol. The molecule has 46 heavy (non-hydrogen) atoms. The molecule has 1 aromatic heterocycles. The van der Waals surface area contributed by atoms with Gasteiger partial charge < -0.3 is 15.1 Å². The van der Waals surface area contributed by atoms with Gasteiger partial charge in [0.1, 0.15) is 6.29 Å². The lowest BCUT2D eigenvalue weighted by molar-refractivity contribution is -0.134. The number of rotatable bonds is 5. The molecule has 10 nitrogen and oxygen atoms in total. The molecule has 0 aliphatic carbocycles. The average molecular weight is 623 g/mol. The summed E-state index contributed by atoms with van der Waals surface area (Å²) in [6, 6.07) is 15.8. The second-order valence-electron chi connectivity index (χ2n) is 12.7. The van der Waals surface area contributed by atoms with Crippen molar-refractivity contribution >= 4 is 23.8 Å². The number of aryl methyl sites for hydroxylation is 1. The first-order chi connectivity index (χ1) is 22.1. The number of amides is 2. The molecule has 3 unspecified atom stereocenters. The molecule has 2 N–H and O–H groups in total. The number of anilines is 1. The highest BCUT2D eigenvalue weighted by atomic mass is 16.2. The number of carbonyl (C=O) groups excluding carboxylic acids is 3. The molecule has 0 bridgehead atoms. The summed E-state index contributed by atoms with van der Waals surface area (Å²) in [5.41, 5.74) is 5.29. The lowest BCUT2D eigenvalue weighted by Gasteiger charge is -2.37. The Labute approximate surface area is 270 Å². The van der Waals surface area contributed by atoms with Crippen LogP contribution in [0.1, 0.15) is 63.7 Å². The van der Waals surface area contributed by atoms with Crippen LogP contribution >= 0.6 is 0 Å². The van der Waals surface area contributed by atoms with Crippen LogP contribution in [0.4, 0.5) is 5.69 Å². The van der Waals surface area contributed by atoms with Gasteiger partial charge in [-0.15, -0.1) is 0 Å². The van der Waals surface area contributed by atoms with E-state index in [1.54, 1.807) is 13.2 Å². The number of imide groups is 1. The summed E-state index contributed by atoms with van der Waals surface area (Å²) < 4.78 is 1.35. The Morgan fingerprint density at radius 1 is 0.913 bits per heavy atom. The molecule has 0 spiro atoms. The summed E-state index contributed by atoms with van der Waals surface area (Å²) in [7, 11) is 5.86. The smallest absolute Gasteiger partial charge is 0.271 e. The van der Waals surface area contributed by atoms with E-state index in [0.717, 1.165) is 55.7 Å². The van der Waals surface area contributed by atoms with Crippen molar-refractivity contribution < 1.29 is 14.4 Å². The average Bonchev–Trinajstić information content (AvgIpc) is 3.03. The maximum absolute atomic E-state index is 12.1. The van der Waals surface area contributed by atoms with Gasteiger partial charge in [-0.1, -0.05) is 48.2 Å². The molecule has 6 rings (SSSR count). The van der Waals surface area contributed by atoms with Crippen LogP contribution in [-0.4, -0.2) is 84.0 Å². The molecule has 3 atom stereocenters. The van der Waals surface area contributed by atoms with E-state index in [9.17, 15) is 19.2 Å². The zero-order valence-electron chi connectivity index (χ0n) is 27.0. The molecule has 3 aliphatic heterocycles. The van der Waals surface area contributed by atoms with E-state index < -0.39 is 0 Å². The zero-order chi connectivity index (χ0) is 32.8. The number of aldehydes is 1. The first-order valence-electron chi connectivity index (χ1n) is 15.8. The van der Waals surface area contributed by atoms with Crippen molar-refractivity contribution in [3.8, 4) is 11.8 Å². The van der Waals surface area contributed by atoms with Gasteiger partial charge >= 0.3 is 0 Å². The van der Waals surface area contributed by atoms with Crippen molar-refractivity contribution in [3.63, 3.8) is 0 Å². The highest BCUT2D eigenvalue weighted by molar-refractivity contribution is 6.00. The van der Waals surface area contributed by atoms with E-state index in [1.807, 2.05) is 55.5 Å². The predicted molar refractivity (Wildman–Crippen MR) is 178 cm³/mol. The van der Waals surface area contributed by atoms with Crippen LogP contribution in [0, 0.1) is 24.7 Å². The number of nitrogens with one attached hydrogen (secondary N) is 2. The Bertz CT molecular complexity index is 1680. The molecule has 3 aliphatic rings. The molecule has 3 aromatic rings. The third-order valence-electron chi connectivity index (χ3n) is 8.95. The minimum absolute atomic E-state index is 0.0739. The Balaban J connectivity index is 0.000000184. The van der Waals surface area contributed by atoms with Crippen molar-refractivity contribution in [1.29, 1.82) is 0 Å². The molecule has 3 saturated heterocycles. The summed E-state index contributed by atoms with van der Waals surface area (Å²) in [6.07, 6.45) is 4.56. The first kappa shape index (κ1) is 32.8. The van der Waals surface area contributed by atoms with Crippen LogP contribution < -0.4 is 16.2 Å². The quantitative estimate of drug-likeness (QED) is 0.254. The molecule has 0 saturated carbocycles. The van der Waals surface area contributed by atoms with Gasteiger partial charge in [-0.2, -0.15) is 5.10 Å². The number of piperidine rings is 2. The molecule has 0 radical (unpaired) electrons. The highest BCUT2D eigenvalue weighted by Gasteiger charge is 2.28. The second kappa shape index (κ2) is 14.7. The van der Waals surface area contributed by atoms with Crippen LogP contribution in [0.5, 0.6) is 0 Å². The topological polar surface area (TPSA) is 117 Å². The minimum Gasteiger partial charge on any atom is -0.379 e. The van der Waals surface area contributed by atoms with E-state index in [0.29, 0.717) is 35.8 Å².